The molecule has 1 aliphatic heterocycles. The zero-order valence-corrected chi connectivity index (χ0v) is 18.6. The van der Waals surface area contributed by atoms with Crippen LogP contribution in [0.4, 0.5) is 5.69 Å². The third-order valence-corrected chi connectivity index (χ3v) is 5.90. The van der Waals surface area contributed by atoms with E-state index in [9.17, 15) is 24.3 Å². The van der Waals surface area contributed by atoms with E-state index in [4.69, 9.17) is 0 Å². The smallest absolute Gasteiger partial charge is 0.337 e. The largest absolute Gasteiger partial charge is 0.478 e. The van der Waals surface area contributed by atoms with E-state index in [0.717, 1.165) is 32.1 Å². The van der Waals surface area contributed by atoms with Gasteiger partial charge in [0.05, 0.1) is 17.2 Å². The topological polar surface area (TPSA) is 104 Å². The van der Waals surface area contributed by atoms with E-state index in [1.807, 2.05) is 0 Å². The molecule has 1 aromatic carbocycles. The van der Waals surface area contributed by atoms with Crippen LogP contribution in [0.1, 0.15) is 82.0 Å². The van der Waals surface area contributed by atoms with E-state index in [0.29, 0.717) is 25.8 Å². The van der Waals surface area contributed by atoms with Crippen LogP contribution < -0.4 is 5.32 Å². The van der Waals surface area contributed by atoms with Gasteiger partial charge in [0.1, 0.15) is 0 Å². The molecule has 0 spiro atoms. The molecule has 3 amide bonds. The van der Waals surface area contributed by atoms with Crippen molar-refractivity contribution in [3.05, 3.63) is 29.8 Å². The lowest BCUT2D eigenvalue weighted by molar-refractivity contribution is -0.140. The Bertz CT molecular complexity index is 792. The summed E-state index contributed by atoms with van der Waals surface area (Å²) in [7, 11) is 0. The molecular weight excluding hydrogens is 396 g/mol. The fourth-order valence-corrected chi connectivity index (χ4v) is 4.24. The van der Waals surface area contributed by atoms with Gasteiger partial charge in [0.15, 0.2) is 0 Å². The number of likely N-dealkylation sites (tertiary alicyclic amines) is 1. The second-order valence-corrected chi connectivity index (χ2v) is 8.24. The van der Waals surface area contributed by atoms with Gasteiger partial charge in [0.2, 0.25) is 17.7 Å². The number of para-hydroxylation sites is 1. The molecule has 1 saturated heterocycles. The minimum atomic E-state index is -1.10. The summed E-state index contributed by atoms with van der Waals surface area (Å²) in [6.07, 6.45) is 6.67. The number of hydrogen-bond donors (Lipinski definition) is 2. The van der Waals surface area contributed by atoms with Crippen molar-refractivity contribution in [2.45, 2.75) is 71.6 Å². The number of carbonyl (C=O) groups is 4. The predicted molar refractivity (Wildman–Crippen MR) is 119 cm³/mol. The number of carboxylic acids is 1. The average Bonchev–Trinajstić information content (AvgIpc) is 3.02. The molecule has 1 aliphatic rings. The number of anilines is 1. The van der Waals surface area contributed by atoms with Crippen molar-refractivity contribution in [1.82, 2.24) is 4.90 Å². The lowest BCUT2D eigenvalue weighted by Gasteiger charge is -2.22. The highest BCUT2D eigenvalue weighted by atomic mass is 16.4. The highest BCUT2D eigenvalue weighted by Crippen LogP contribution is 2.33. The van der Waals surface area contributed by atoms with Crippen LogP contribution in [0, 0.1) is 11.8 Å². The van der Waals surface area contributed by atoms with Crippen LogP contribution in [0.25, 0.3) is 0 Å². The Hall–Kier alpha value is -2.70. The number of unbranched alkanes of at least 4 members (excludes halogenated alkanes) is 2. The highest BCUT2D eigenvalue weighted by molar-refractivity contribution is 6.03. The molecule has 2 unspecified atom stereocenters. The monoisotopic (exact) mass is 430 g/mol. The summed E-state index contributed by atoms with van der Waals surface area (Å²) in [5, 5.41) is 11.8. The molecule has 7 nitrogen and oxygen atoms in total. The van der Waals surface area contributed by atoms with Gasteiger partial charge < -0.3 is 10.4 Å². The quantitative estimate of drug-likeness (QED) is 0.355. The van der Waals surface area contributed by atoms with Crippen LogP contribution in [0.5, 0.6) is 0 Å². The third-order valence-electron chi connectivity index (χ3n) is 5.90. The van der Waals surface area contributed by atoms with Gasteiger partial charge in [0, 0.05) is 19.4 Å². The molecule has 31 heavy (non-hydrogen) atoms. The maximum atomic E-state index is 12.8. The molecule has 7 heteroatoms. The number of nitrogens with one attached hydrogen (secondary N) is 1. The van der Waals surface area contributed by atoms with Gasteiger partial charge in [-0.15, -0.1) is 0 Å². The number of carboxylic acid groups (broad SMARTS) is 1. The summed E-state index contributed by atoms with van der Waals surface area (Å²) >= 11 is 0. The van der Waals surface area contributed by atoms with Gasteiger partial charge in [-0.3, -0.25) is 19.3 Å². The van der Waals surface area contributed by atoms with Crippen LogP contribution in [0.2, 0.25) is 0 Å². The molecule has 0 aromatic heterocycles. The maximum absolute atomic E-state index is 12.8. The number of amides is 3. The van der Waals surface area contributed by atoms with Crippen molar-refractivity contribution in [1.29, 1.82) is 0 Å². The van der Waals surface area contributed by atoms with E-state index in [2.05, 4.69) is 19.2 Å². The number of nitrogens with zero attached hydrogens (tertiary/aromatic N) is 1. The van der Waals surface area contributed by atoms with Crippen molar-refractivity contribution < 1.29 is 24.3 Å². The van der Waals surface area contributed by atoms with E-state index < -0.39 is 5.97 Å². The fraction of sp³-hybridized carbons (Fsp3) is 0.583. The average molecular weight is 431 g/mol. The minimum absolute atomic E-state index is 0.0415. The maximum Gasteiger partial charge on any atom is 0.337 e. The van der Waals surface area contributed by atoms with Gasteiger partial charge in [-0.1, -0.05) is 45.2 Å². The van der Waals surface area contributed by atoms with Crippen LogP contribution >= 0.6 is 0 Å². The van der Waals surface area contributed by atoms with Crippen molar-refractivity contribution in [3.8, 4) is 0 Å². The predicted octanol–water partition coefficient (Wildman–Crippen LogP) is 4.48. The molecule has 1 heterocycles. The van der Waals surface area contributed by atoms with E-state index in [1.165, 1.54) is 11.0 Å². The SMILES string of the molecule is CCCCC(CCC)C1CC(=O)N(CCCCC(=O)Nc2ccccc2C(=O)O)C1=O. The Morgan fingerprint density at radius 3 is 2.52 bits per heavy atom. The zero-order valence-electron chi connectivity index (χ0n) is 18.6. The lowest BCUT2D eigenvalue weighted by Crippen LogP contribution is -2.33. The normalized spacial score (nSPS) is 17.1. The van der Waals surface area contributed by atoms with Gasteiger partial charge >= 0.3 is 5.97 Å². The number of imide groups is 1. The first-order chi connectivity index (χ1) is 14.9. The first-order valence-electron chi connectivity index (χ1n) is 11.3. The molecule has 1 aromatic rings. The zero-order chi connectivity index (χ0) is 22.8. The van der Waals surface area contributed by atoms with E-state index in [1.54, 1.807) is 18.2 Å². The number of hydrogen-bond acceptors (Lipinski definition) is 4. The summed E-state index contributed by atoms with van der Waals surface area (Å²) in [6.45, 7) is 4.57. The first-order valence-corrected chi connectivity index (χ1v) is 11.3. The van der Waals surface area contributed by atoms with Crippen LogP contribution in [0.3, 0.4) is 0 Å². The Balaban J connectivity index is 1.81. The van der Waals surface area contributed by atoms with E-state index >= 15 is 0 Å². The molecule has 0 aliphatic carbocycles. The standard InChI is InChI=1S/C24H34N2O5/c1-3-5-11-17(10-4-2)19-16-22(28)26(23(19)29)15-9-8-14-21(27)25-20-13-7-6-12-18(20)24(30)31/h6-7,12-13,17,19H,3-5,8-11,14-16H2,1-2H3,(H,25,27)(H,30,31). The summed E-state index contributed by atoms with van der Waals surface area (Å²) in [5.74, 6) is -1.47. The van der Waals surface area contributed by atoms with Gasteiger partial charge in [0.25, 0.3) is 0 Å². The van der Waals surface area contributed by atoms with Gasteiger partial charge in [-0.05, 0) is 43.7 Å². The summed E-state index contributed by atoms with van der Waals surface area (Å²) in [5.41, 5.74) is 0.307. The number of rotatable bonds is 13. The van der Waals surface area contributed by atoms with E-state index in [-0.39, 0.29) is 47.2 Å². The second kappa shape index (κ2) is 12.2. The Labute approximate surface area is 184 Å². The molecule has 0 radical (unpaired) electrons. The molecule has 2 N–H and O–H groups in total. The first kappa shape index (κ1) is 24.6. The number of benzene rings is 1. The minimum Gasteiger partial charge on any atom is -0.478 e. The fourth-order valence-electron chi connectivity index (χ4n) is 4.24. The number of aromatic carboxylic acids is 1. The Morgan fingerprint density at radius 1 is 1.10 bits per heavy atom. The van der Waals surface area contributed by atoms with Crippen molar-refractivity contribution in [2.24, 2.45) is 11.8 Å². The molecule has 0 bridgehead atoms. The molecule has 2 rings (SSSR count). The molecule has 2 atom stereocenters. The van der Waals surface area contributed by atoms with Crippen molar-refractivity contribution in [2.75, 3.05) is 11.9 Å². The Morgan fingerprint density at radius 2 is 1.84 bits per heavy atom. The summed E-state index contributed by atoms with van der Waals surface area (Å²) in [4.78, 5) is 50.0. The summed E-state index contributed by atoms with van der Waals surface area (Å²) in [6, 6.07) is 6.25. The number of carbonyl (C=O) groups excluding carboxylic acids is 3. The van der Waals surface area contributed by atoms with Crippen LogP contribution in [0.15, 0.2) is 24.3 Å². The lowest BCUT2D eigenvalue weighted by atomic mass is 9.83. The molecule has 0 saturated carbocycles. The third kappa shape index (κ3) is 6.91. The molecular formula is C24H34N2O5. The van der Waals surface area contributed by atoms with Crippen molar-refractivity contribution >= 4 is 29.4 Å². The van der Waals surface area contributed by atoms with Crippen LogP contribution in [-0.2, 0) is 14.4 Å². The second-order valence-electron chi connectivity index (χ2n) is 8.24. The highest BCUT2D eigenvalue weighted by Gasteiger charge is 2.41. The molecule has 170 valence electrons. The van der Waals surface area contributed by atoms with Gasteiger partial charge in [-0.25, -0.2) is 4.79 Å². The van der Waals surface area contributed by atoms with Gasteiger partial charge in [-0.2, -0.15) is 0 Å². The van der Waals surface area contributed by atoms with Crippen molar-refractivity contribution in [3.63, 3.8) is 0 Å². The van der Waals surface area contributed by atoms with Crippen LogP contribution in [-0.4, -0.2) is 40.2 Å². The summed E-state index contributed by atoms with van der Waals surface area (Å²) < 4.78 is 0. The molecule has 1 fully saturated rings. The Kier molecular flexibility index (Phi) is 9.69.